The van der Waals surface area contributed by atoms with Crippen molar-refractivity contribution in [3.63, 3.8) is 0 Å². The zero-order valence-electron chi connectivity index (χ0n) is 7.68. The van der Waals surface area contributed by atoms with Crippen LogP contribution in [0.3, 0.4) is 0 Å². The first-order chi connectivity index (χ1) is 5.77. The lowest BCUT2D eigenvalue weighted by Crippen LogP contribution is -2.22. The number of allylic oxidation sites excluding steroid dienone is 1. The Kier molecular flexibility index (Phi) is 2.05. The Balaban J connectivity index is 2.03. The summed E-state index contributed by atoms with van der Waals surface area (Å²) in [6.45, 7) is 6.99. The van der Waals surface area contributed by atoms with Crippen LogP contribution in [0.15, 0.2) is 23.8 Å². The van der Waals surface area contributed by atoms with Crippen LogP contribution in [0.4, 0.5) is 0 Å². The van der Waals surface area contributed by atoms with Crippen molar-refractivity contribution < 1.29 is 4.74 Å². The fraction of sp³-hybridized carbons (Fsp3) is 0.636. The maximum absolute atomic E-state index is 5.60. The summed E-state index contributed by atoms with van der Waals surface area (Å²) in [5.41, 5.74) is 2.86. The van der Waals surface area contributed by atoms with E-state index in [1.54, 1.807) is 0 Å². The van der Waals surface area contributed by atoms with Gasteiger partial charge >= 0.3 is 0 Å². The fourth-order valence-electron chi connectivity index (χ4n) is 2.16. The first-order valence-electron chi connectivity index (χ1n) is 4.73. The molecule has 0 N–H and O–H groups in total. The molecule has 1 fully saturated rings. The Morgan fingerprint density at radius 3 is 3.25 bits per heavy atom. The first-order valence-corrected chi connectivity index (χ1v) is 4.73. The highest BCUT2D eigenvalue weighted by molar-refractivity contribution is 5.18. The molecule has 0 aromatic carbocycles. The molecule has 0 aromatic rings. The Bertz CT molecular complexity index is 227. The van der Waals surface area contributed by atoms with Crippen LogP contribution in [0.5, 0.6) is 0 Å². The van der Waals surface area contributed by atoms with Crippen molar-refractivity contribution >= 4 is 0 Å². The molecule has 0 bridgehead atoms. The summed E-state index contributed by atoms with van der Waals surface area (Å²) >= 11 is 0. The summed E-state index contributed by atoms with van der Waals surface area (Å²) in [6, 6.07) is 0. The highest BCUT2D eigenvalue weighted by Crippen LogP contribution is 2.36. The number of fused-ring (bicyclic) bond motifs is 1. The summed E-state index contributed by atoms with van der Waals surface area (Å²) in [6.07, 6.45) is 6.35. The molecule has 12 heavy (non-hydrogen) atoms. The van der Waals surface area contributed by atoms with Crippen LogP contribution in [0, 0.1) is 5.92 Å². The van der Waals surface area contributed by atoms with Crippen molar-refractivity contribution in [3.8, 4) is 0 Å². The van der Waals surface area contributed by atoms with E-state index >= 15 is 0 Å². The van der Waals surface area contributed by atoms with Gasteiger partial charge in [0.05, 0.1) is 12.7 Å². The Hall–Kier alpha value is -0.560. The number of ether oxygens (including phenoxy) is 1. The minimum Gasteiger partial charge on any atom is -0.370 e. The van der Waals surface area contributed by atoms with Crippen LogP contribution in [0.1, 0.15) is 26.2 Å². The van der Waals surface area contributed by atoms with E-state index in [9.17, 15) is 0 Å². The molecule has 2 aliphatic rings. The van der Waals surface area contributed by atoms with E-state index in [4.69, 9.17) is 4.74 Å². The van der Waals surface area contributed by atoms with Gasteiger partial charge in [-0.05, 0) is 37.7 Å². The molecule has 0 unspecified atom stereocenters. The van der Waals surface area contributed by atoms with Gasteiger partial charge in [-0.15, -0.1) is 0 Å². The molecule has 1 aliphatic heterocycles. The molecule has 0 spiro atoms. The monoisotopic (exact) mass is 164 g/mol. The van der Waals surface area contributed by atoms with Crippen molar-refractivity contribution in [2.45, 2.75) is 32.3 Å². The molecule has 1 nitrogen and oxygen atoms in total. The van der Waals surface area contributed by atoms with Crippen molar-refractivity contribution in [3.05, 3.63) is 23.8 Å². The van der Waals surface area contributed by atoms with Gasteiger partial charge < -0.3 is 4.74 Å². The van der Waals surface area contributed by atoms with Crippen LogP contribution in [0.25, 0.3) is 0 Å². The highest BCUT2D eigenvalue weighted by atomic mass is 16.5. The van der Waals surface area contributed by atoms with Crippen molar-refractivity contribution in [1.82, 2.24) is 0 Å². The molecule has 0 aromatic heterocycles. The third kappa shape index (κ3) is 1.34. The van der Waals surface area contributed by atoms with Crippen LogP contribution < -0.4 is 0 Å². The molecule has 2 atom stereocenters. The van der Waals surface area contributed by atoms with Crippen molar-refractivity contribution in [2.24, 2.45) is 5.92 Å². The van der Waals surface area contributed by atoms with Gasteiger partial charge in [-0.1, -0.05) is 18.2 Å². The Morgan fingerprint density at radius 2 is 2.50 bits per heavy atom. The number of rotatable bonds is 1. The second-order valence-corrected chi connectivity index (χ2v) is 3.92. The smallest absolute Gasteiger partial charge is 0.0795 e. The van der Waals surface area contributed by atoms with Crippen LogP contribution in [0.2, 0.25) is 0 Å². The second kappa shape index (κ2) is 3.06. The van der Waals surface area contributed by atoms with Gasteiger partial charge in [0.1, 0.15) is 0 Å². The van der Waals surface area contributed by atoms with E-state index in [1.807, 2.05) is 0 Å². The normalized spacial score (nSPS) is 34.2. The summed E-state index contributed by atoms with van der Waals surface area (Å²) in [5.74, 6) is 0.699. The molecule has 1 heteroatoms. The van der Waals surface area contributed by atoms with Gasteiger partial charge in [0, 0.05) is 0 Å². The first kappa shape index (κ1) is 8.06. The average Bonchev–Trinajstić information content (AvgIpc) is 2.49. The Morgan fingerprint density at radius 1 is 1.67 bits per heavy atom. The van der Waals surface area contributed by atoms with E-state index in [-0.39, 0.29) is 0 Å². The third-order valence-electron chi connectivity index (χ3n) is 3.03. The fourth-order valence-corrected chi connectivity index (χ4v) is 2.16. The largest absolute Gasteiger partial charge is 0.370 e. The summed E-state index contributed by atoms with van der Waals surface area (Å²) in [5, 5.41) is 0. The molecule has 0 saturated heterocycles. The zero-order chi connectivity index (χ0) is 8.55. The molecule has 1 heterocycles. The lowest BCUT2D eigenvalue weighted by atomic mass is 9.81. The highest BCUT2D eigenvalue weighted by Gasteiger charge is 2.28. The maximum Gasteiger partial charge on any atom is 0.0795 e. The average molecular weight is 164 g/mol. The number of hydrogen-bond acceptors (Lipinski definition) is 1. The maximum atomic E-state index is 5.60. The van der Waals surface area contributed by atoms with Crippen LogP contribution in [-0.2, 0) is 4.74 Å². The van der Waals surface area contributed by atoms with Crippen LogP contribution in [-0.4, -0.2) is 12.7 Å². The SMILES string of the molecule is C=C(C)[C@H]1CCC2=CCO[C@@H]2C1. The lowest BCUT2D eigenvalue weighted by Gasteiger charge is -2.28. The second-order valence-electron chi connectivity index (χ2n) is 3.92. The molecule has 66 valence electrons. The third-order valence-corrected chi connectivity index (χ3v) is 3.03. The predicted octanol–water partition coefficient (Wildman–Crippen LogP) is 2.69. The molecule has 1 saturated carbocycles. The van der Waals surface area contributed by atoms with E-state index in [0.717, 1.165) is 6.61 Å². The Labute approximate surface area is 74.1 Å². The molecule has 1 aliphatic carbocycles. The lowest BCUT2D eigenvalue weighted by molar-refractivity contribution is 0.0917. The van der Waals surface area contributed by atoms with E-state index in [1.165, 1.54) is 30.4 Å². The van der Waals surface area contributed by atoms with E-state index in [2.05, 4.69) is 19.6 Å². The summed E-state index contributed by atoms with van der Waals surface area (Å²) in [4.78, 5) is 0. The van der Waals surface area contributed by atoms with Crippen molar-refractivity contribution in [1.29, 1.82) is 0 Å². The van der Waals surface area contributed by atoms with Crippen LogP contribution >= 0.6 is 0 Å². The van der Waals surface area contributed by atoms with Gasteiger partial charge in [0.15, 0.2) is 0 Å². The molecular weight excluding hydrogens is 148 g/mol. The zero-order valence-corrected chi connectivity index (χ0v) is 7.68. The molecule has 0 radical (unpaired) electrons. The standard InChI is InChI=1S/C11H16O/c1-8(2)10-4-3-9-5-6-12-11(9)7-10/h5,10-11H,1,3-4,6-7H2,2H3/t10-,11+/m0/s1. The quantitative estimate of drug-likeness (QED) is 0.541. The summed E-state index contributed by atoms with van der Waals surface area (Å²) in [7, 11) is 0. The molecule has 0 amide bonds. The number of hydrogen-bond donors (Lipinski definition) is 0. The van der Waals surface area contributed by atoms with Gasteiger partial charge in [-0.2, -0.15) is 0 Å². The van der Waals surface area contributed by atoms with E-state index < -0.39 is 0 Å². The minimum absolute atomic E-state index is 0.431. The van der Waals surface area contributed by atoms with Gasteiger partial charge in [-0.3, -0.25) is 0 Å². The van der Waals surface area contributed by atoms with Gasteiger partial charge in [-0.25, -0.2) is 0 Å². The minimum atomic E-state index is 0.431. The molecular formula is C11H16O. The van der Waals surface area contributed by atoms with E-state index in [0.29, 0.717) is 12.0 Å². The van der Waals surface area contributed by atoms with Gasteiger partial charge in [0.25, 0.3) is 0 Å². The summed E-state index contributed by atoms with van der Waals surface area (Å²) < 4.78 is 5.60. The topological polar surface area (TPSA) is 9.23 Å². The molecule has 2 rings (SSSR count). The van der Waals surface area contributed by atoms with Crippen molar-refractivity contribution in [2.75, 3.05) is 6.61 Å². The predicted molar refractivity (Wildman–Crippen MR) is 50.0 cm³/mol. The van der Waals surface area contributed by atoms with Gasteiger partial charge in [0.2, 0.25) is 0 Å².